The summed E-state index contributed by atoms with van der Waals surface area (Å²) in [6.45, 7) is 3.70. The predicted octanol–water partition coefficient (Wildman–Crippen LogP) is 5.35. The van der Waals surface area contributed by atoms with Crippen molar-refractivity contribution in [2.24, 2.45) is 0 Å². The van der Waals surface area contributed by atoms with E-state index in [9.17, 15) is 18.0 Å². The molecule has 0 heterocycles. The molecule has 5 nitrogen and oxygen atoms in total. The molecule has 0 saturated heterocycles. The Bertz CT molecular complexity index is 919. The standard InChI is InChI=1S/C23H28F3NO4S/c1-15(2)32-21-13-19(30-4)16(12-20(21)31-5)10-11-27(22(28)23(24,25)26)14-17-8-6-7-9-18(17)29-3/h6-9,12-13,15H,10-11,14H2,1-5H3. The number of amides is 1. The molecule has 0 aliphatic heterocycles. The van der Waals surface area contributed by atoms with Gasteiger partial charge in [0.15, 0.2) is 0 Å². The van der Waals surface area contributed by atoms with Crippen LogP contribution in [0.2, 0.25) is 0 Å². The van der Waals surface area contributed by atoms with Crippen LogP contribution in [0.15, 0.2) is 41.3 Å². The monoisotopic (exact) mass is 471 g/mol. The number of benzene rings is 2. The van der Waals surface area contributed by atoms with Crippen LogP contribution in [0.5, 0.6) is 17.2 Å². The quantitative estimate of drug-likeness (QED) is 0.438. The van der Waals surface area contributed by atoms with Gasteiger partial charge in [-0.2, -0.15) is 13.2 Å². The summed E-state index contributed by atoms with van der Waals surface area (Å²) in [5, 5.41) is 0.306. The number of rotatable bonds is 10. The fourth-order valence-electron chi connectivity index (χ4n) is 3.20. The van der Waals surface area contributed by atoms with E-state index < -0.39 is 12.1 Å². The van der Waals surface area contributed by atoms with Crippen molar-refractivity contribution in [1.29, 1.82) is 0 Å². The first-order valence-electron chi connectivity index (χ1n) is 10.00. The topological polar surface area (TPSA) is 48.0 Å². The molecular weight excluding hydrogens is 443 g/mol. The number of ether oxygens (including phenoxy) is 3. The van der Waals surface area contributed by atoms with E-state index in [0.29, 0.717) is 33.6 Å². The zero-order valence-corrected chi connectivity index (χ0v) is 19.6. The molecule has 0 spiro atoms. The summed E-state index contributed by atoms with van der Waals surface area (Å²) in [5.41, 5.74) is 1.14. The summed E-state index contributed by atoms with van der Waals surface area (Å²) in [4.78, 5) is 13.8. The van der Waals surface area contributed by atoms with Crippen molar-refractivity contribution in [2.75, 3.05) is 27.9 Å². The average molecular weight is 472 g/mol. The van der Waals surface area contributed by atoms with Gasteiger partial charge in [0.1, 0.15) is 17.2 Å². The first-order chi connectivity index (χ1) is 15.1. The van der Waals surface area contributed by atoms with Crippen molar-refractivity contribution in [3.05, 3.63) is 47.5 Å². The number of thioether (sulfide) groups is 1. The fraction of sp³-hybridized carbons (Fsp3) is 0.435. The third-order valence-electron chi connectivity index (χ3n) is 4.66. The summed E-state index contributed by atoms with van der Waals surface area (Å²) < 4.78 is 56.0. The molecule has 0 aromatic heterocycles. The summed E-state index contributed by atoms with van der Waals surface area (Å²) in [7, 11) is 4.47. The number of halogens is 3. The van der Waals surface area contributed by atoms with E-state index in [0.717, 1.165) is 9.80 Å². The highest BCUT2D eigenvalue weighted by Gasteiger charge is 2.42. The Balaban J connectivity index is 2.33. The van der Waals surface area contributed by atoms with Gasteiger partial charge in [0.05, 0.1) is 26.2 Å². The Morgan fingerprint density at radius 1 is 0.969 bits per heavy atom. The minimum Gasteiger partial charge on any atom is -0.496 e. The van der Waals surface area contributed by atoms with Gasteiger partial charge in [-0.3, -0.25) is 4.79 Å². The third-order valence-corrected chi connectivity index (χ3v) is 5.71. The van der Waals surface area contributed by atoms with Gasteiger partial charge in [0.2, 0.25) is 0 Å². The van der Waals surface area contributed by atoms with E-state index in [-0.39, 0.29) is 19.5 Å². The van der Waals surface area contributed by atoms with Crippen molar-refractivity contribution >= 4 is 17.7 Å². The number of hydrogen-bond acceptors (Lipinski definition) is 5. The molecule has 0 bridgehead atoms. The van der Waals surface area contributed by atoms with Gasteiger partial charge in [0, 0.05) is 23.9 Å². The van der Waals surface area contributed by atoms with E-state index in [4.69, 9.17) is 14.2 Å². The maximum Gasteiger partial charge on any atom is 0.471 e. The Kier molecular flexibility index (Phi) is 9.12. The van der Waals surface area contributed by atoms with Crippen molar-refractivity contribution in [3.63, 3.8) is 0 Å². The Morgan fingerprint density at radius 3 is 2.16 bits per heavy atom. The predicted molar refractivity (Wildman–Crippen MR) is 119 cm³/mol. The molecule has 32 heavy (non-hydrogen) atoms. The van der Waals surface area contributed by atoms with Crippen molar-refractivity contribution in [1.82, 2.24) is 4.90 Å². The second-order valence-electron chi connectivity index (χ2n) is 7.27. The lowest BCUT2D eigenvalue weighted by Gasteiger charge is -2.25. The van der Waals surface area contributed by atoms with Gasteiger partial charge in [-0.1, -0.05) is 32.0 Å². The summed E-state index contributed by atoms with van der Waals surface area (Å²) >= 11 is 1.59. The molecule has 0 saturated carbocycles. The van der Waals surface area contributed by atoms with E-state index in [1.54, 1.807) is 42.1 Å². The maximum absolute atomic E-state index is 13.3. The molecule has 9 heteroatoms. The van der Waals surface area contributed by atoms with Crippen LogP contribution in [0.25, 0.3) is 0 Å². The zero-order valence-electron chi connectivity index (χ0n) is 18.8. The molecule has 2 aromatic rings. The van der Waals surface area contributed by atoms with E-state index in [1.807, 2.05) is 19.9 Å². The van der Waals surface area contributed by atoms with Crippen LogP contribution in [-0.4, -0.2) is 50.1 Å². The first-order valence-corrected chi connectivity index (χ1v) is 10.9. The van der Waals surface area contributed by atoms with Gasteiger partial charge < -0.3 is 19.1 Å². The van der Waals surface area contributed by atoms with Crippen LogP contribution in [-0.2, 0) is 17.8 Å². The van der Waals surface area contributed by atoms with Gasteiger partial charge in [0.25, 0.3) is 0 Å². The van der Waals surface area contributed by atoms with Crippen LogP contribution in [0, 0.1) is 0 Å². The number of nitrogens with zero attached hydrogens (tertiary/aromatic N) is 1. The molecule has 0 aliphatic carbocycles. The molecule has 176 valence electrons. The molecule has 0 N–H and O–H groups in total. The van der Waals surface area contributed by atoms with Crippen LogP contribution in [0.3, 0.4) is 0 Å². The average Bonchev–Trinajstić information content (AvgIpc) is 2.75. The number of carbonyl (C=O) groups is 1. The van der Waals surface area contributed by atoms with Crippen molar-refractivity contribution in [2.45, 2.75) is 43.1 Å². The third kappa shape index (κ3) is 6.72. The first kappa shape index (κ1) is 25.7. The molecule has 0 aliphatic rings. The lowest BCUT2D eigenvalue weighted by Crippen LogP contribution is -2.41. The zero-order chi connectivity index (χ0) is 23.9. The molecule has 0 atom stereocenters. The smallest absolute Gasteiger partial charge is 0.471 e. The largest absolute Gasteiger partial charge is 0.496 e. The van der Waals surface area contributed by atoms with Gasteiger partial charge >= 0.3 is 12.1 Å². The van der Waals surface area contributed by atoms with Crippen molar-refractivity contribution in [3.8, 4) is 17.2 Å². The number of carbonyl (C=O) groups excluding carboxylic acids is 1. The van der Waals surface area contributed by atoms with Crippen LogP contribution in [0.4, 0.5) is 13.2 Å². The second kappa shape index (κ2) is 11.4. The van der Waals surface area contributed by atoms with E-state index in [2.05, 4.69) is 0 Å². The highest BCUT2D eigenvalue weighted by molar-refractivity contribution is 8.00. The SMILES string of the molecule is COc1cc(SC(C)C)c(OC)cc1CCN(Cc1ccccc1OC)C(=O)C(F)(F)F. The molecular formula is C23H28F3NO4S. The molecule has 1 amide bonds. The minimum atomic E-state index is -4.98. The molecule has 2 aromatic carbocycles. The number of hydrogen-bond donors (Lipinski definition) is 0. The summed E-state index contributed by atoms with van der Waals surface area (Å²) in [6, 6.07) is 10.2. The lowest BCUT2D eigenvalue weighted by molar-refractivity contribution is -0.186. The van der Waals surface area contributed by atoms with E-state index in [1.165, 1.54) is 21.3 Å². The Labute approximate surface area is 190 Å². The molecule has 0 radical (unpaired) electrons. The van der Waals surface area contributed by atoms with Crippen molar-refractivity contribution < 1.29 is 32.2 Å². The van der Waals surface area contributed by atoms with Gasteiger partial charge in [-0.25, -0.2) is 0 Å². The van der Waals surface area contributed by atoms with Crippen LogP contribution >= 0.6 is 11.8 Å². The maximum atomic E-state index is 13.3. The fourth-order valence-corrected chi connectivity index (χ4v) is 4.14. The van der Waals surface area contributed by atoms with E-state index >= 15 is 0 Å². The lowest BCUT2D eigenvalue weighted by atomic mass is 10.1. The minimum absolute atomic E-state index is 0.156. The van der Waals surface area contributed by atoms with Crippen LogP contribution in [0.1, 0.15) is 25.0 Å². The normalized spacial score (nSPS) is 11.4. The highest BCUT2D eigenvalue weighted by atomic mass is 32.2. The number of methoxy groups -OCH3 is 3. The molecule has 2 rings (SSSR count). The molecule has 0 fully saturated rings. The summed E-state index contributed by atoms with van der Waals surface area (Å²) in [6.07, 6.45) is -4.83. The van der Waals surface area contributed by atoms with Crippen LogP contribution < -0.4 is 14.2 Å². The highest BCUT2D eigenvalue weighted by Crippen LogP contribution is 2.38. The van der Waals surface area contributed by atoms with Gasteiger partial charge in [-0.05, 0) is 30.2 Å². The summed E-state index contributed by atoms with van der Waals surface area (Å²) in [5.74, 6) is -0.341. The Morgan fingerprint density at radius 2 is 1.59 bits per heavy atom. The second-order valence-corrected chi connectivity index (χ2v) is 8.89. The molecule has 0 unspecified atom stereocenters. The van der Waals surface area contributed by atoms with Gasteiger partial charge in [-0.15, -0.1) is 11.8 Å². The Hall–Kier alpha value is -2.55. The number of alkyl halides is 3. The number of para-hydroxylation sites is 1.